The molecule has 0 unspecified atom stereocenters. The third kappa shape index (κ3) is 5.92. The van der Waals surface area contributed by atoms with E-state index in [0.29, 0.717) is 17.2 Å². The van der Waals surface area contributed by atoms with E-state index in [9.17, 15) is 13.6 Å². The molecule has 1 saturated heterocycles. The van der Waals surface area contributed by atoms with Gasteiger partial charge in [0.15, 0.2) is 0 Å². The second kappa shape index (κ2) is 11.4. The highest BCUT2D eigenvalue weighted by molar-refractivity contribution is 6.05. The maximum Gasteiger partial charge on any atom is 0.257 e. The summed E-state index contributed by atoms with van der Waals surface area (Å²) in [5, 5.41) is 5.14. The third-order valence-corrected chi connectivity index (χ3v) is 7.66. The number of pyridine rings is 1. The molecule has 40 heavy (non-hydrogen) atoms. The second-order valence-corrected chi connectivity index (χ2v) is 10.4. The van der Waals surface area contributed by atoms with Crippen molar-refractivity contribution in [3.05, 3.63) is 132 Å². The van der Waals surface area contributed by atoms with Crippen molar-refractivity contribution in [2.45, 2.75) is 25.3 Å². The number of fused-ring (bicyclic) bond motifs is 1. The Bertz CT molecular complexity index is 1630. The van der Waals surface area contributed by atoms with Crippen LogP contribution in [0.5, 0.6) is 0 Å². The van der Waals surface area contributed by atoms with Crippen LogP contribution in [0.4, 0.5) is 14.5 Å². The molecule has 1 N–H and O–H groups in total. The van der Waals surface area contributed by atoms with Crippen LogP contribution in [0.15, 0.2) is 103 Å². The Balaban J connectivity index is 1.06. The lowest BCUT2D eigenvalue weighted by Crippen LogP contribution is -2.32. The van der Waals surface area contributed by atoms with Crippen LogP contribution in [-0.2, 0) is 6.54 Å². The number of nitrogens with zero attached hydrogens (tertiary/aromatic N) is 2. The molecule has 4 aromatic carbocycles. The number of benzene rings is 4. The van der Waals surface area contributed by atoms with Crippen LogP contribution in [0.25, 0.3) is 22.0 Å². The van der Waals surface area contributed by atoms with Crippen LogP contribution in [0.2, 0.25) is 0 Å². The Hall–Kier alpha value is -4.42. The zero-order valence-electron chi connectivity index (χ0n) is 22.0. The molecule has 1 amide bonds. The van der Waals surface area contributed by atoms with Gasteiger partial charge in [-0.15, -0.1) is 0 Å². The first-order chi connectivity index (χ1) is 19.5. The molecule has 2 heterocycles. The summed E-state index contributed by atoms with van der Waals surface area (Å²) >= 11 is 0. The standard InChI is InChI=1S/C34H29F2N3O/c35-30-9-3-24(4-10-30)25-15-17-39(18-16-25)22-23-1-2-28-20-32(13-7-27(28)19-23)38-34(40)29-8-14-33(37-21-29)26-5-11-31(36)12-6-26/h1-14,19-21,25H,15-18,22H2,(H,38,40). The van der Waals surface area contributed by atoms with Crippen LogP contribution < -0.4 is 5.32 Å². The predicted octanol–water partition coefficient (Wildman–Crippen LogP) is 7.81. The zero-order chi connectivity index (χ0) is 27.5. The lowest BCUT2D eigenvalue weighted by molar-refractivity contribution is 0.102. The maximum atomic E-state index is 13.3. The quantitative estimate of drug-likeness (QED) is 0.242. The fourth-order valence-electron chi connectivity index (χ4n) is 5.41. The minimum Gasteiger partial charge on any atom is -0.322 e. The smallest absolute Gasteiger partial charge is 0.257 e. The minimum atomic E-state index is -0.300. The number of likely N-dealkylation sites (tertiary alicyclic amines) is 1. The molecular formula is C34H29F2N3O. The van der Waals surface area contributed by atoms with Crippen LogP contribution in [0.1, 0.15) is 40.2 Å². The molecule has 200 valence electrons. The van der Waals surface area contributed by atoms with E-state index in [4.69, 9.17) is 0 Å². The number of nitrogens with one attached hydrogen (secondary N) is 1. The number of hydrogen-bond acceptors (Lipinski definition) is 3. The van der Waals surface area contributed by atoms with Crippen molar-refractivity contribution in [2.75, 3.05) is 18.4 Å². The normalized spacial score (nSPS) is 14.3. The number of piperidine rings is 1. The first-order valence-corrected chi connectivity index (χ1v) is 13.5. The minimum absolute atomic E-state index is 0.182. The summed E-state index contributed by atoms with van der Waals surface area (Å²) in [5.74, 6) is -0.228. The van der Waals surface area contributed by atoms with Crippen LogP contribution in [0.3, 0.4) is 0 Å². The molecule has 1 fully saturated rings. The first-order valence-electron chi connectivity index (χ1n) is 13.5. The predicted molar refractivity (Wildman–Crippen MR) is 155 cm³/mol. The summed E-state index contributed by atoms with van der Waals surface area (Å²) in [6.07, 6.45) is 3.68. The Labute approximate surface area is 232 Å². The van der Waals surface area contributed by atoms with Gasteiger partial charge in [-0.2, -0.15) is 0 Å². The van der Waals surface area contributed by atoms with Crippen molar-refractivity contribution in [3.63, 3.8) is 0 Å². The molecule has 0 saturated carbocycles. The molecular weight excluding hydrogens is 504 g/mol. The van der Waals surface area contributed by atoms with Crippen LogP contribution in [0, 0.1) is 11.6 Å². The van der Waals surface area contributed by atoms with Gasteiger partial charge in [-0.05, 0) is 120 Å². The van der Waals surface area contributed by atoms with E-state index in [1.165, 1.54) is 29.5 Å². The molecule has 6 heteroatoms. The van der Waals surface area contributed by atoms with E-state index in [1.807, 2.05) is 30.3 Å². The van der Waals surface area contributed by atoms with Crippen molar-refractivity contribution >= 4 is 22.4 Å². The van der Waals surface area contributed by atoms with E-state index in [-0.39, 0.29) is 17.5 Å². The summed E-state index contributed by atoms with van der Waals surface area (Å²) in [6.45, 7) is 2.93. The highest BCUT2D eigenvalue weighted by Crippen LogP contribution is 2.29. The van der Waals surface area contributed by atoms with Crippen molar-refractivity contribution in [1.82, 2.24) is 9.88 Å². The SMILES string of the molecule is O=C(Nc1ccc2cc(CN3CCC(c4ccc(F)cc4)CC3)ccc2c1)c1ccc(-c2ccc(F)cc2)nc1. The number of halogens is 2. The van der Waals surface area contributed by atoms with E-state index >= 15 is 0 Å². The van der Waals surface area contributed by atoms with E-state index in [2.05, 4.69) is 33.4 Å². The van der Waals surface area contributed by atoms with E-state index in [0.717, 1.165) is 54.5 Å². The van der Waals surface area contributed by atoms with E-state index in [1.54, 1.807) is 36.4 Å². The number of aromatic nitrogens is 1. The third-order valence-electron chi connectivity index (χ3n) is 7.66. The molecule has 1 aromatic heterocycles. The Kier molecular flexibility index (Phi) is 7.34. The number of carbonyl (C=O) groups excluding carboxylic acids is 1. The van der Waals surface area contributed by atoms with Gasteiger partial charge in [0.25, 0.3) is 5.91 Å². The average molecular weight is 534 g/mol. The van der Waals surface area contributed by atoms with Gasteiger partial charge < -0.3 is 5.32 Å². The topological polar surface area (TPSA) is 45.2 Å². The molecule has 0 bridgehead atoms. The molecule has 5 aromatic rings. The number of hydrogen-bond donors (Lipinski definition) is 1. The summed E-state index contributed by atoms with van der Waals surface area (Å²) in [5.41, 5.74) is 5.12. The average Bonchev–Trinajstić information content (AvgIpc) is 2.98. The first kappa shape index (κ1) is 25.8. The zero-order valence-corrected chi connectivity index (χ0v) is 22.0. The number of amides is 1. The van der Waals surface area contributed by atoms with Crippen molar-refractivity contribution in [1.29, 1.82) is 0 Å². The van der Waals surface area contributed by atoms with Gasteiger partial charge in [0.05, 0.1) is 11.3 Å². The molecule has 4 nitrogen and oxygen atoms in total. The summed E-state index contributed by atoms with van der Waals surface area (Å²) in [7, 11) is 0. The lowest BCUT2D eigenvalue weighted by Gasteiger charge is -2.32. The van der Waals surface area contributed by atoms with Crippen molar-refractivity contribution in [3.8, 4) is 11.3 Å². The lowest BCUT2D eigenvalue weighted by atomic mass is 9.89. The number of anilines is 1. The van der Waals surface area contributed by atoms with Gasteiger partial charge in [0, 0.05) is 24.0 Å². The molecule has 0 aliphatic carbocycles. The summed E-state index contributed by atoms with van der Waals surface area (Å²) in [4.78, 5) is 19.7. The van der Waals surface area contributed by atoms with Crippen molar-refractivity contribution < 1.29 is 13.6 Å². The van der Waals surface area contributed by atoms with Crippen LogP contribution in [-0.4, -0.2) is 28.9 Å². The monoisotopic (exact) mass is 533 g/mol. The van der Waals surface area contributed by atoms with E-state index < -0.39 is 0 Å². The Morgan fingerprint density at radius 3 is 2.17 bits per heavy atom. The highest BCUT2D eigenvalue weighted by atomic mass is 19.1. The fourth-order valence-corrected chi connectivity index (χ4v) is 5.41. The molecule has 6 rings (SSSR count). The van der Waals surface area contributed by atoms with Gasteiger partial charge in [0.1, 0.15) is 11.6 Å². The van der Waals surface area contributed by atoms with Gasteiger partial charge >= 0.3 is 0 Å². The fraction of sp³-hybridized carbons (Fsp3) is 0.176. The Morgan fingerprint density at radius 1 is 0.800 bits per heavy atom. The molecule has 1 aliphatic rings. The van der Waals surface area contributed by atoms with Gasteiger partial charge in [-0.3, -0.25) is 14.7 Å². The largest absolute Gasteiger partial charge is 0.322 e. The molecule has 1 aliphatic heterocycles. The Morgan fingerprint density at radius 2 is 1.48 bits per heavy atom. The van der Waals surface area contributed by atoms with Crippen molar-refractivity contribution in [2.24, 2.45) is 0 Å². The molecule has 0 radical (unpaired) electrons. The summed E-state index contributed by atoms with van der Waals surface area (Å²) < 4.78 is 26.4. The molecule has 0 spiro atoms. The van der Waals surface area contributed by atoms with Crippen LogP contribution >= 0.6 is 0 Å². The van der Waals surface area contributed by atoms with Gasteiger partial charge in [0.2, 0.25) is 0 Å². The number of carbonyl (C=O) groups is 1. The number of rotatable bonds is 6. The maximum absolute atomic E-state index is 13.3. The second-order valence-electron chi connectivity index (χ2n) is 10.4. The van der Waals surface area contributed by atoms with Gasteiger partial charge in [-0.25, -0.2) is 8.78 Å². The molecule has 0 atom stereocenters. The summed E-state index contributed by atoms with van der Waals surface area (Å²) in [6, 6.07) is 28.9. The van der Waals surface area contributed by atoms with Gasteiger partial charge in [-0.1, -0.05) is 30.3 Å². The highest BCUT2D eigenvalue weighted by Gasteiger charge is 2.20.